The van der Waals surface area contributed by atoms with Crippen molar-refractivity contribution in [2.24, 2.45) is 5.41 Å². The second-order valence-corrected chi connectivity index (χ2v) is 9.78. The molecule has 0 aliphatic heterocycles. The minimum atomic E-state index is -0.0783. The van der Waals surface area contributed by atoms with Crippen LogP contribution in [0.15, 0.2) is 29.6 Å². The minimum absolute atomic E-state index is 0.0783. The van der Waals surface area contributed by atoms with Gasteiger partial charge in [-0.15, -0.1) is 11.3 Å². The lowest BCUT2D eigenvalue weighted by atomic mass is 9.82. The third-order valence-electron chi connectivity index (χ3n) is 4.38. The van der Waals surface area contributed by atoms with Gasteiger partial charge in [0, 0.05) is 16.5 Å². The summed E-state index contributed by atoms with van der Waals surface area (Å²) in [5, 5.41) is 6.97. The summed E-state index contributed by atoms with van der Waals surface area (Å²) in [4.78, 5) is 10.4. The molecule has 0 aliphatic rings. The molecule has 5 heteroatoms. The maximum atomic E-state index is 5.29. The molecule has 0 saturated heterocycles. The van der Waals surface area contributed by atoms with E-state index in [1.165, 1.54) is 0 Å². The third kappa shape index (κ3) is 4.59. The fourth-order valence-corrected chi connectivity index (χ4v) is 4.81. The predicted octanol–water partition coefficient (Wildman–Crippen LogP) is 6.30. The molecule has 2 aromatic heterocycles. The largest absolute Gasteiger partial charge is 0.497 e. The molecule has 0 saturated carbocycles. The molecule has 1 aromatic carbocycles. The van der Waals surface area contributed by atoms with Gasteiger partial charge in [0.1, 0.15) is 22.2 Å². The highest BCUT2D eigenvalue weighted by Gasteiger charge is 2.27. The first-order valence-electron chi connectivity index (χ1n) is 9.26. The van der Waals surface area contributed by atoms with Gasteiger partial charge < -0.3 is 10.1 Å². The van der Waals surface area contributed by atoms with Crippen LogP contribution >= 0.6 is 11.3 Å². The van der Waals surface area contributed by atoms with Gasteiger partial charge in [-0.05, 0) is 50.3 Å². The molecule has 27 heavy (non-hydrogen) atoms. The van der Waals surface area contributed by atoms with Gasteiger partial charge in [0.25, 0.3) is 0 Å². The average molecular weight is 384 g/mol. The van der Waals surface area contributed by atoms with Crippen molar-refractivity contribution in [3.05, 3.63) is 35.5 Å². The van der Waals surface area contributed by atoms with E-state index in [1.807, 2.05) is 19.1 Å². The number of fused-ring (bicyclic) bond motifs is 1. The highest BCUT2D eigenvalue weighted by Crippen LogP contribution is 2.39. The summed E-state index contributed by atoms with van der Waals surface area (Å²) >= 11 is 1.66. The summed E-state index contributed by atoms with van der Waals surface area (Å²) < 4.78 is 5.29. The summed E-state index contributed by atoms with van der Waals surface area (Å²) in [5.74, 6) is 2.56. The van der Waals surface area contributed by atoms with E-state index in [9.17, 15) is 0 Å². The molecular weight excluding hydrogens is 354 g/mol. The average Bonchev–Trinajstić information content (AvgIpc) is 2.96. The lowest BCUT2D eigenvalue weighted by molar-refractivity contribution is 0.302. The molecule has 0 spiro atoms. The van der Waals surface area contributed by atoms with E-state index in [2.05, 4.69) is 62.4 Å². The first-order valence-corrected chi connectivity index (χ1v) is 10.1. The summed E-state index contributed by atoms with van der Waals surface area (Å²) in [7, 11) is 1.69. The maximum absolute atomic E-state index is 5.29. The van der Waals surface area contributed by atoms with Gasteiger partial charge >= 0.3 is 0 Å². The molecule has 0 bridgehead atoms. The quantitative estimate of drug-likeness (QED) is 0.561. The Kier molecular flexibility index (Phi) is 5.17. The van der Waals surface area contributed by atoms with Crippen molar-refractivity contribution in [3.8, 4) is 16.9 Å². The van der Waals surface area contributed by atoms with Crippen molar-refractivity contribution in [3.63, 3.8) is 0 Å². The molecule has 3 aromatic rings. The van der Waals surface area contributed by atoms with Gasteiger partial charge in [0.05, 0.1) is 12.5 Å². The Morgan fingerprint density at radius 1 is 1.04 bits per heavy atom. The number of aromatic nitrogens is 2. The van der Waals surface area contributed by atoms with E-state index in [4.69, 9.17) is 9.72 Å². The summed E-state index contributed by atoms with van der Waals surface area (Å²) in [5.41, 5.74) is 2.45. The van der Waals surface area contributed by atoms with E-state index in [-0.39, 0.29) is 11.0 Å². The van der Waals surface area contributed by atoms with Crippen LogP contribution in [0, 0.1) is 12.3 Å². The van der Waals surface area contributed by atoms with E-state index < -0.39 is 0 Å². The standard InChI is InChI=1S/C22H29N3OS/c1-14-23-19(25-22(5,6)13-21(2,3)4)18-17(12-27-20(18)24-14)15-8-10-16(26-7)11-9-15/h8-12H,13H2,1-7H3,(H,23,24,25). The molecule has 0 aliphatic carbocycles. The van der Waals surface area contributed by atoms with Gasteiger partial charge in [-0.1, -0.05) is 32.9 Å². The Morgan fingerprint density at radius 2 is 1.70 bits per heavy atom. The molecule has 0 radical (unpaired) electrons. The van der Waals surface area contributed by atoms with Gasteiger partial charge in [-0.3, -0.25) is 0 Å². The topological polar surface area (TPSA) is 47.0 Å². The number of benzene rings is 1. The van der Waals surface area contributed by atoms with Crippen LogP contribution in [-0.4, -0.2) is 22.6 Å². The first kappa shape index (κ1) is 19.6. The van der Waals surface area contributed by atoms with Gasteiger partial charge in [0.15, 0.2) is 0 Å². The van der Waals surface area contributed by atoms with Crippen LogP contribution in [0.25, 0.3) is 21.3 Å². The highest BCUT2D eigenvalue weighted by molar-refractivity contribution is 7.17. The fourth-order valence-electron chi connectivity index (χ4n) is 3.81. The van der Waals surface area contributed by atoms with Gasteiger partial charge in [-0.25, -0.2) is 9.97 Å². The number of aryl methyl sites for hydroxylation is 1. The van der Waals surface area contributed by atoms with Crippen molar-refractivity contribution < 1.29 is 4.74 Å². The molecule has 144 valence electrons. The Hall–Kier alpha value is -2.14. The minimum Gasteiger partial charge on any atom is -0.497 e. The molecule has 4 nitrogen and oxygen atoms in total. The summed E-state index contributed by atoms with van der Waals surface area (Å²) in [6.45, 7) is 13.2. The third-order valence-corrected chi connectivity index (χ3v) is 5.25. The van der Waals surface area contributed by atoms with Crippen LogP contribution in [0.1, 0.15) is 46.9 Å². The summed E-state index contributed by atoms with van der Waals surface area (Å²) in [6, 6.07) is 8.16. The monoisotopic (exact) mass is 383 g/mol. The Labute approximate surface area is 166 Å². The van der Waals surface area contributed by atoms with E-state index >= 15 is 0 Å². The maximum Gasteiger partial charge on any atom is 0.139 e. The number of hydrogen-bond acceptors (Lipinski definition) is 5. The summed E-state index contributed by atoms with van der Waals surface area (Å²) in [6.07, 6.45) is 1.03. The Morgan fingerprint density at radius 3 is 2.30 bits per heavy atom. The van der Waals surface area contributed by atoms with Crippen LogP contribution < -0.4 is 10.1 Å². The van der Waals surface area contributed by atoms with E-state index in [0.29, 0.717) is 0 Å². The zero-order valence-electron chi connectivity index (χ0n) is 17.3. The number of rotatable bonds is 5. The normalized spacial score (nSPS) is 12.4. The fraction of sp³-hybridized carbons (Fsp3) is 0.455. The first-order chi connectivity index (χ1) is 12.6. The molecule has 3 rings (SSSR count). The zero-order chi connectivity index (χ0) is 19.8. The lowest BCUT2D eigenvalue weighted by Crippen LogP contribution is -2.35. The van der Waals surface area contributed by atoms with Crippen molar-refractivity contribution in [2.75, 3.05) is 12.4 Å². The molecule has 1 N–H and O–H groups in total. The van der Waals surface area contributed by atoms with Crippen molar-refractivity contribution in [2.45, 2.75) is 53.5 Å². The molecule has 0 fully saturated rings. The van der Waals surface area contributed by atoms with Gasteiger partial charge in [-0.2, -0.15) is 0 Å². The molecule has 0 unspecified atom stereocenters. The number of nitrogens with one attached hydrogen (secondary N) is 1. The van der Waals surface area contributed by atoms with E-state index in [0.717, 1.165) is 45.2 Å². The number of ether oxygens (including phenoxy) is 1. The second-order valence-electron chi connectivity index (χ2n) is 8.92. The van der Waals surface area contributed by atoms with Crippen LogP contribution in [0.4, 0.5) is 5.82 Å². The predicted molar refractivity (Wildman–Crippen MR) is 116 cm³/mol. The molecule has 0 atom stereocenters. The number of nitrogens with zero attached hydrogens (tertiary/aromatic N) is 2. The van der Waals surface area contributed by atoms with Crippen LogP contribution in [0.2, 0.25) is 0 Å². The molecular formula is C22H29N3OS. The van der Waals surface area contributed by atoms with Crippen LogP contribution in [-0.2, 0) is 0 Å². The van der Waals surface area contributed by atoms with Crippen molar-refractivity contribution >= 4 is 27.4 Å². The second kappa shape index (κ2) is 7.12. The van der Waals surface area contributed by atoms with Crippen LogP contribution in [0.5, 0.6) is 5.75 Å². The molecule has 0 amide bonds. The van der Waals surface area contributed by atoms with E-state index in [1.54, 1.807) is 18.4 Å². The van der Waals surface area contributed by atoms with Crippen LogP contribution in [0.3, 0.4) is 0 Å². The van der Waals surface area contributed by atoms with Gasteiger partial charge in [0.2, 0.25) is 0 Å². The highest BCUT2D eigenvalue weighted by atomic mass is 32.1. The zero-order valence-corrected chi connectivity index (χ0v) is 18.1. The number of thiophene rings is 1. The smallest absolute Gasteiger partial charge is 0.139 e. The number of methoxy groups -OCH3 is 1. The Bertz CT molecular complexity index is 937. The number of anilines is 1. The SMILES string of the molecule is COc1ccc(-c2csc3nc(C)nc(NC(C)(C)CC(C)(C)C)c23)cc1. The lowest BCUT2D eigenvalue weighted by Gasteiger charge is -2.34. The van der Waals surface area contributed by atoms with Crippen molar-refractivity contribution in [1.82, 2.24) is 9.97 Å². The number of hydrogen-bond donors (Lipinski definition) is 1. The Balaban J connectivity index is 2.08. The molecule has 2 heterocycles. The van der Waals surface area contributed by atoms with Crippen molar-refractivity contribution in [1.29, 1.82) is 0 Å².